The standard InChI is InChI=1S/C18H19ClFN3/c19-17-7-4-8-18(20)16(17)13-21-23-11-9-22(10-12-23)14-15-5-2-1-3-6-15/h1-8,13H,9-12,14H2/b21-13-. The Kier molecular flexibility index (Phi) is 5.26. The molecule has 2 aromatic carbocycles. The Morgan fingerprint density at radius 2 is 1.74 bits per heavy atom. The summed E-state index contributed by atoms with van der Waals surface area (Å²) in [6.45, 7) is 4.50. The van der Waals surface area contributed by atoms with E-state index in [-0.39, 0.29) is 5.82 Å². The Balaban J connectivity index is 1.54. The molecule has 0 radical (unpaired) electrons. The fraction of sp³-hybridized carbons (Fsp3) is 0.278. The van der Waals surface area contributed by atoms with Crippen LogP contribution in [0.2, 0.25) is 5.02 Å². The van der Waals surface area contributed by atoms with Gasteiger partial charge >= 0.3 is 0 Å². The monoisotopic (exact) mass is 331 g/mol. The minimum atomic E-state index is -0.344. The predicted molar refractivity (Wildman–Crippen MR) is 92.3 cm³/mol. The maximum absolute atomic E-state index is 13.7. The van der Waals surface area contributed by atoms with Gasteiger partial charge in [0.2, 0.25) is 0 Å². The zero-order chi connectivity index (χ0) is 16.1. The molecule has 0 atom stereocenters. The lowest BCUT2D eigenvalue weighted by Gasteiger charge is -2.33. The first-order chi connectivity index (χ1) is 11.2. The van der Waals surface area contributed by atoms with Crippen LogP contribution < -0.4 is 0 Å². The third kappa shape index (κ3) is 4.30. The summed E-state index contributed by atoms with van der Waals surface area (Å²) in [5.74, 6) is -0.344. The van der Waals surface area contributed by atoms with E-state index in [2.05, 4.69) is 34.3 Å². The Bertz CT molecular complexity index is 647. The quantitative estimate of drug-likeness (QED) is 0.797. The second kappa shape index (κ2) is 7.57. The van der Waals surface area contributed by atoms with E-state index in [4.69, 9.17) is 11.6 Å². The molecule has 3 nitrogen and oxygen atoms in total. The molecule has 0 saturated carbocycles. The van der Waals surface area contributed by atoms with Crippen LogP contribution in [0.1, 0.15) is 11.1 Å². The van der Waals surface area contributed by atoms with Gasteiger partial charge < -0.3 is 0 Å². The smallest absolute Gasteiger partial charge is 0.133 e. The van der Waals surface area contributed by atoms with Crippen LogP contribution in [0, 0.1) is 5.82 Å². The van der Waals surface area contributed by atoms with Crippen LogP contribution >= 0.6 is 11.6 Å². The van der Waals surface area contributed by atoms with Crippen LogP contribution in [-0.2, 0) is 6.54 Å². The maximum Gasteiger partial charge on any atom is 0.133 e. The normalized spacial score (nSPS) is 16.2. The van der Waals surface area contributed by atoms with Gasteiger partial charge in [0.1, 0.15) is 5.82 Å². The van der Waals surface area contributed by atoms with Crippen molar-refractivity contribution < 1.29 is 4.39 Å². The van der Waals surface area contributed by atoms with Crippen molar-refractivity contribution in [1.29, 1.82) is 0 Å². The van der Waals surface area contributed by atoms with Crippen molar-refractivity contribution in [3.63, 3.8) is 0 Å². The topological polar surface area (TPSA) is 18.8 Å². The summed E-state index contributed by atoms with van der Waals surface area (Å²) in [6.07, 6.45) is 1.52. The van der Waals surface area contributed by atoms with Crippen LogP contribution in [-0.4, -0.2) is 42.3 Å². The third-order valence-electron chi connectivity index (χ3n) is 3.95. The number of benzene rings is 2. The molecule has 0 spiro atoms. The molecule has 0 amide bonds. The van der Waals surface area contributed by atoms with Gasteiger partial charge in [-0.3, -0.25) is 9.91 Å². The van der Waals surface area contributed by atoms with Crippen molar-refractivity contribution in [2.75, 3.05) is 26.2 Å². The van der Waals surface area contributed by atoms with Crippen molar-refractivity contribution in [3.8, 4) is 0 Å². The van der Waals surface area contributed by atoms with E-state index in [0.29, 0.717) is 10.6 Å². The van der Waals surface area contributed by atoms with Crippen molar-refractivity contribution in [1.82, 2.24) is 9.91 Å². The van der Waals surface area contributed by atoms with E-state index in [0.717, 1.165) is 32.7 Å². The Labute approximate surface area is 141 Å². The van der Waals surface area contributed by atoms with Gasteiger partial charge in [-0.2, -0.15) is 5.10 Å². The van der Waals surface area contributed by atoms with Gasteiger partial charge in [0, 0.05) is 38.3 Å². The van der Waals surface area contributed by atoms with Crippen LogP contribution in [0.15, 0.2) is 53.6 Å². The maximum atomic E-state index is 13.7. The molecule has 1 heterocycles. The first kappa shape index (κ1) is 16.0. The summed E-state index contributed by atoms with van der Waals surface area (Å²) in [4.78, 5) is 2.40. The average molecular weight is 332 g/mol. The minimum Gasteiger partial charge on any atom is -0.295 e. The van der Waals surface area contributed by atoms with Crippen LogP contribution in [0.5, 0.6) is 0 Å². The molecule has 5 heteroatoms. The number of hydrazone groups is 1. The largest absolute Gasteiger partial charge is 0.295 e. The van der Waals surface area contributed by atoms with Crippen molar-refractivity contribution >= 4 is 17.8 Å². The summed E-state index contributed by atoms with van der Waals surface area (Å²) in [5, 5.41) is 6.72. The fourth-order valence-corrected chi connectivity index (χ4v) is 2.84. The summed E-state index contributed by atoms with van der Waals surface area (Å²) < 4.78 is 13.7. The second-order valence-electron chi connectivity index (χ2n) is 5.60. The van der Waals surface area contributed by atoms with Gasteiger partial charge in [-0.25, -0.2) is 4.39 Å². The number of piperazine rings is 1. The highest BCUT2D eigenvalue weighted by Crippen LogP contribution is 2.17. The van der Waals surface area contributed by atoms with Crippen LogP contribution in [0.25, 0.3) is 0 Å². The molecule has 0 aliphatic carbocycles. The molecular weight excluding hydrogens is 313 g/mol. The van der Waals surface area contributed by atoms with E-state index in [1.54, 1.807) is 12.1 Å². The van der Waals surface area contributed by atoms with E-state index in [1.165, 1.54) is 17.8 Å². The molecule has 2 aromatic rings. The lowest BCUT2D eigenvalue weighted by Crippen LogP contribution is -2.43. The van der Waals surface area contributed by atoms with Gasteiger partial charge in [0.15, 0.2) is 0 Å². The van der Waals surface area contributed by atoms with Crippen LogP contribution in [0.3, 0.4) is 0 Å². The van der Waals surface area contributed by atoms with Crippen LogP contribution in [0.4, 0.5) is 4.39 Å². The SMILES string of the molecule is Fc1cccc(Cl)c1/C=N\N1CCN(Cc2ccccc2)CC1. The zero-order valence-electron chi connectivity index (χ0n) is 12.8. The molecule has 0 N–H and O–H groups in total. The molecule has 120 valence electrons. The van der Waals surface area contributed by atoms with Gasteiger partial charge in [-0.05, 0) is 17.7 Å². The van der Waals surface area contributed by atoms with E-state index >= 15 is 0 Å². The minimum absolute atomic E-state index is 0.344. The number of halogens is 2. The van der Waals surface area contributed by atoms with E-state index in [1.807, 2.05) is 11.1 Å². The summed E-state index contributed by atoms with van der Waals surface area (Å²) in [5.41, 5.74) is 1.67. The number of nitrogens with zero attached hydrogens (tertiary/aromatic N) is 3. The molecule has 1 saturated heterocycles. The van der Waals surface area contributed by atoms with Gasteiger partial charge in [0.05, 0.1) is 11.2 Å². The highest BCUT2D eigenvalue weighted by Gasteiger charge is 2.15. The molecule has 0 aromatic heterocycles. The summed E-state index contributed by atoms with van der Waals surface area (Å²) in [7, 11) is 0. The first-order valence-corrected chi connectivity index (χ1v) is 8.09. The first-order valence-electron chi connectivity index (χ1n) is 7.71. The molecule has 1 aliphatic rings. The summed E-state index contributed by atoms with van der Waals surface area (Å²) in [6, 6.07) is 15.1. The Morgan fingerprint density at radius 1 is 1.00 bits per heavy atom. The number of hydrogen-bond donors (Lipinski definition) is 0. The molecule has 0 unspecified atom stereocenters. The van der Waals surface area contributed by atoms with Crippen molar-refractivity contribution in [3.05, 3.63) is 70.5 Å². The van der Waals surface area contributed by atoms with E-state index < -0.39 is 0 Å². The third-order valence-corrected chi connectivity index (χ3v) is 4.28. The average Bonchev–Trinajstić information content (AvgIpc) is 2.57. The Morgan fingerprint density at radius 3 is 2.43 bits per heavy atom. The fourth-order valence-electron chi connectivity index (χ4n) is 2.63. The molecule has 3 rings (SSSR count). The number of rotatable bonds is 4. The molecular formula is C18H19ClFN3. The van der Waals surface area contributed by atoms with Gasteiger partial charge in [0.25, 0.3) is 0 Å². The van der Waals surface area contributed by atoms with Gasteiger partial charge in [-0.15, -0.1) is 0 Å². The summed E-state index contributed by atoms with van der Waals surface area (Å²) >= 11 is 6.00. The highest BCUT2D eigenvalue weighted by molar-refractivity contribution is 6.33. The molecule has 0 bridgehead atoms. The van der Waals surface area contributed by atoms with Crippen molar-refractivity contribution in [2.24, 2.45) is 5.10 Å². The van der Waals surface area contributed by atoms with Crippen molar-refractivity contribution in [2.45, 2.75) is 6.54 Å². The lowest BCUT2D eigenvalue weighted by atomic mass is 10.2. The van der Waals surface area contributed by atoms with Gasteiger partial charge in [-0.1, -0.05) is 48.0 Å². The highest BCUT2D eigenvalue weighted by atomic mass is 35.5. The Hall–Kier alpha value is -1.91. The predicted octanol–water partition coefficient (Wildman–Crippen LogP) is 3.63. The molecule has 23 heavy (non-hydrogen) atoms. The lowest BCUT2D eigenvalue weighted by molar-refractivity contribution is 0.131. The zero-order valence-corrected chi connectivity index (χ0v) is 13.6. The number of hydrogen-bond acceptors (Lipinski definition) is 3. The van der Waals surface area contributed by atoms with E-state index in [9.17, 15) is 4.39 Å². The molecule has 1 fully saturated rings. The second-order valence-corrected chi connectivity index (χ2v) is 6.00. The molecule has 1 aliphatic heterocycles.